The number of hydrogen-bond acceptors (Lipinski definition) is 2. The predicted octanol–water partition coefficient (Wildman–Crippen LogP) is 7.60. The van der Waals surface area contributed by atoms with Crippen molar-refractivity contribution in [2.75, 3.05) is 13.2 Å². The first kappa shape index (κ1) is 30.0. The van der Waals surface area contributed by atoms with Gasteiger partial charge in [-0.05, 0) is 50.2 Å². The van der Waals surface area contributed by atoms with E-state index in [0.717, 1.165) is 10.0 Å². The molecule has 0 saturated carbocycles. The van der Waals surface area contributed by atoms with Crippen LogP contribution in [0.2, 0.25) is 22.2 Å². The summed E-state index contributed by atoms with van der Waals surface area (Å²) in [5.41, 5.74) is 17.9. The molecule has 35 heavy (non-hydrogen) atoms. The monoisotopic (exact) mass is 568 g/mol. The maximum Gasteiger partial charge on any atom is 0.549 e. The molecular formula is C29H42BBrO2Si2. The van der Waals surface area contributed by atoms with Crippen molar-refractivity contribution in [3.63, 3.8) is 0 Å². The fraction of sp³-hybridized carbons (Fsp3) is 0.586. The molecule has 0 spiro atoms. The minimum Gasteiger partial charge on any atom is -0.400 e. The Labute approximate surface area is 226 Å². The zero-order valence-electron chi connectivity index (χ0n) is 23.3. The van der Waals surface area contributed by atoms with Crippen LogP contribution in [0.5, 0.6) is 0 Å². The van der Waals surface area contributed by atoms with E-state index in [0.29, 0.717) is 35.4 Å². The first-order chi connectivity index (χ1) is 16.3. The van der Waals surface area contributed by atoms with E-state index in [4.69, 9.17) is 9.31 Å². The number of benzene rings is 1. The molecule has 6 heteroatoms. The summed E-state index contributed by atoms with van der Waals surface area (Å²) in [6, 6.07) is 8.18. The van der Waals surface area contributed by atoms with Crippen LogP contribution in [-0.4, -0.2) is 36.5 Å². The Kier molecular flexibility index (Phi) is 10.6. The van der Waals surface area contributed by atoms with Crippen LogP contribution in [0.1, 0.15) is 74.8 Å². The molecule has 2 nitrogen and oxygen atoms in total. The molecule has 1 aliphatic rings. The summed E-state index contributed by atoms with van der Waals surface area (Å²) in [6.45, 7) is 23.9. The van der Waals surface area contributed by atoms with Gasteiger partial charge in [-0.3, -0.25) is 0 Å². The largest absolute Gasteiger partial charge is 0.549 e. The lowest BCUT2D eigenvalue weighted by Crippen LogP contribution is -2.44. The van der Waals surface area contributed by atoms with Crippen molar-refractivity contribution in [1.29, 1.82) is 0 Å². The average Bonchev–Trinajstić information content (AvgIpc) is 2.76. The van der Waals surface area contributed by atoms with E-state index in [2.05, 4.69) is 125 Å². The van der Waals surface area contributed by atoms with E-state index in [1.54, 1.807) is 0 Å². The fourth-order valence-corrected chi connectivity index (χ4v) is 12.3. The Hall–Kier alpha value is -1.20. The number of hydrogen-bond donors (Lipinski definition) is 0. The van der Waals surface area contributed by atoms with Crippen LogP contribution in [0.25, 0.3) is 0 Å². The van der Waals surface area contributed by atoms with Gasteiger partial charge in [0, 0.05) is 28.7 Å². The standard InChI is InChI=1S/C29H42BBrO2Si2/c1-23(2)34(24(3)4,17-15-27-13-11-12-14-28(27)31)19-20-35(25(5)6,26(7)8)18-16-30-32-21-29(9,10)22-33-30/h11-14,23-26H,21-22H2,1-10H3. The predicted molar refractivity (Wildman–Crippen MR) is 160 cm³/mol. The molecule has 0 atom stereocenters. The molecular weight excluding hydrogens is 527 g/mol. The normalized spacial score (nSPS) is 15.9. The SMILES string of the molecule is CC(C)[Si](C#CB1OCC(C)(C)CO1)(C#C[Si](C#Cc1ccccc1Br)(C(C)C)C(C)C)C(C)C. The molecule has 0 unspecified atom stereocenters. The van der Waals surface area contributed by atoms with Crippen molar-refractivity contribution in [1.82, 2.24) is 0 Å². The quantitative estimate of drug-likeness (QED) is 0.275. The fourth-order valence-electron chi connectivity index (χ4n) is 4.44. The average molecular weight is 570 g/mol. The van der Waals surface area contributed by atoms with Gasteiger partial charge >= 0.3 is 7.12 Å². The van der Waals surface area contributed by atoms with Crippen molar-refractivity contribution in [2.45, 2.75) is 91.4 Å². The molecule has 2 rings (SSSR count). The van der Waals surface area contributed by atoms with Crippen LogP contribution >= 0.6 is 15.9 Å². The van der Waals surface area contributed by atoms with Gasteiger partial charge in [0.25, 0.3) is 0 Å². The zero-order chi connectivity index (χ0) is 26.4. The molecule has 1 saturated heterocycles. The maximum absolute atomic E-state index is 5.93. The first-order valence-corrected chi connectivity index (χ1v) is 17.9. The van der Waals surface area contributed by atoms with Crippen molar-refractivity contribution in [3.8, 4) is 33.9 Å². The molecule has 1 aliphatic heterocycles. The highest BCUT2D eigenvalue weighted by atomic mass is 79.9. The minimum atomic E-state index is -2.32. The van der Waals surface area contributed by atoms with Gasteiger partial charge in [0.2, 0.25) is 16.1 Å². The molecule has 0 bridgehead atoms. The smallest absolute Gasteiger partial charge is 0.400 e. The van der Waals surface area contributed by atoms with Crippen molar-refractivity contribution in [3.05, 3.63) is 34.3 Å². The van der Waals surface area contributed by atoms with Gasteiger partial charge in [0.15, 0.2) is 0 Å². The highest BCUT2D eigenvalue weighted by molar-refractivity contribution is 9.10. The summed E-state index contributed by atoms with van der Waals surface area (Å²) < 4.78 is 12.9. The van der Waals surface area contributed by atoms with Crippen molar-refractivity contribution >= 4 is 39.2 Å². The molecule has 0 aromatic heterocycles. The van der Waals surface area contributed by atoms with Crippen LogP contribution in [0, 0.1) is 39.3 Å². The minimum absolute atomic E-state index is 0.0365. The lowest BCUT2D eigenvalue weighted by atomic mass is 9.85. The highest BCUT2D eigenvalue weighted by Crippen LogP contribution is 2.35. The summed E-state index contributed by atoms with van der Waals surface area (Å²) in [5.74, 6) is 6.87. The van der Waals surface area contributed by atoms with Crippen molar-refractivity contribution in [2.24, 2.45) is 5.41 Å². The lowest BCUT2D eigenvalue weighted by Gasteiger charge is -2.33. The van der Waals surface area contributed by atoms with Gasteiger partial charge < -0.3 is 9.31 Å². The Morgan fingerprint density at radius 2 is 1.23 bits per heavy atom. The van der Waals surface area contributed by atoms with E-state index in [9.17, 15) is 0 Å². The first-order valence-electron chi connectivity index (χ1n) is 12.8. The van der Waals surface area contributed by atoms with Crippen LogP contribution < -0.4 is 0 Å². The van der Waals surface area contributed by atoms with Crippen molar-refractivity contribution < 1.29 is 9.31 Å². The second-order valence-electron chi connectivity index (χ2n) is 11.7. The molecule has 1 heterocycles. The van der Waals surface area contributed by atoms with E-state index in [1.165, 1.54) is 0 Å². The Morgan fingerprint density at radius 3 is 1.69 bits per heavy atom. The van der Waals surface area contributed by atoms with Gasteiger partial charge in [-0.15, -0.1) is 22.2 Å². The molecule has 188 valence electrons. The van der Waals surface area contributed by atoms with Crippen LogP contribution in [0.3, 0.4) is 0 Å². The van der Waals surface area contributed by atoms with Crippen LogP contribution in [0.15, 0.2) is 28.7 Å². The Bertz CT molecular complexity index is 1040. The second-order valence-corrected chi connectivity index (χ2v) is 21.7. The third-order valence-corrected chi connectivity index (χ3v) is 17.4. The summed E-state index contributed by atoms with van der Waals surface area (Å²) in [7, 11) is -5.06. The van der Waals surface area contributed by atoms with Gasteiger partial charge in [-0.1, -0.05) is 93.1 Å². The maximum atomic E-state index is 5.93. The van der Waals surface area contributed by atoms with Gasteiger partial charge in [-0.25, -0.2) is 0 Å². The molecule has 0 amide bonds. The van der Waals surface area contributed by atoms with Crippen LogP contribution in [0.4, 0.5) is 0 Å². The molecule has 0 radical (unpaired) electrons. The molecule has 0 N–H and O–H groups in total. The number of halogens is 1. The molecule has 1 fully saturated rings. The van der Waals surface area contributed by atoms with E-state index in [-0.39, 0.29) is 5.41 Å². The third kappa shape index (κ3) is 7.41. The Balaban J connectivity index is 2.58. The molecule has 1 aromatic rings. The van der Waals surface area contributed by atoms with Gasteiger partial charge in [0.1, 0.15) is 0 Å². The molecule has 0 aliphatic carbocycles. The third-order valence-electron chi connectivity index (χ3n) is 7.04. The van der Waals surface area contributed by atoms with Gasteiger partial charge in [-0.2, -0.15) is 0 Å². The van der Waals surface area contributed by atoms with Gasteiger partial charge in [0.05, 0.1) is 0 Å². The summed E-state index contributed by atoms with van der Waals surface area (Å²) in [5, 5.41) is 0. The van der Waals surface area contributed by atoms with E-state index >= 15 is 0 Å². The van der Waals surface area contributed by atoms with E-state index < -0.39 is 23.3 Å². The summed E-state index contributed by atoms with van der Waals surface area (Å²) >= 11 is 3.65. The topological polar surface area (TPSA) is 18.5 Å². The Morgan fingerprint density at radius 1 is 0.771 bits per heavy atom. The zero-order valence-corrected chi connectivity index (χ0v) is 26.9. The summed E-state index contributed by atoms with van der Waals surface area (Å²) in [6.07, 6.45) is 0. The van der Waals surface area contributed by atoms with E-state index in [1.807, 2.05) is 18.2 Å². The summed E-state index contributed by atoms with van der Waals surface area (Å²) in [4.78, 5) is 0. The number of rotatable bonds is 4. The second kappa shape index (κ2) is 12.4. The van der Waals surface area contributed by atoms with Crippen LogP contribution in [-0.2, 0) is 9.31 Å². The molecule has 1 aromatic carbocycles. The lowest BCUT2D eigenvalue weighted by molar-refractivity contribution is 0.0348. The highest BCUT2D eigenvalue weighted by Gasteiger charge is 2.42.